The number of aromatic nitrogens is 2. The molecule has 6 nitrogen and oxygen atoms in total. The molecule has 1 aromatic carbocycles. The summed E-state index contributed by atoms with van der Waals surface area (Å²) in [5, 5.41) is 5.13. The number of allylic oxidation sites excluding steroid dienone is 3. The Kier molecular flexibility index (Phi) is 11.6. The Bertz CT molecular complexity index is 976. The summed E-state index contributed by atoms with van der Waals surface area (Å²) < 4.78 is 57.4. The molecule has 30 heavy (non-hydrogen) atoms. The number of hydrogen-bond donors (Lipinski definition) is 1. The summed E-state index contributed by atoms with van der Waals surface area (Å²) in [4.78, 5) is 8.17. The lowest BCUT2D eigenvalue weighted by Gasteiger charge is -2.09. The van der Waals surface area contributed by atoms with Crippen LogP contribution in [0, 0.1) is 0 Å². The topological polar surface area (TPSA) is 90.3 Å². The standard InChI is InChI=1S/C18H21FN4O2S.2CH3F/c1-12(2)9-14(10-21-4)18-22-17(13(3)19)11-23(18)15-5-7-16(8-6-15)26(20,24)25;2*1-2/h5-11,13H,4H2,1-3H3,(H2,20,24,25);2*1H3/b14-10+;;. The van der Waals surface area contributed by atoms with Gasteiger partial charge in [0, 0.05) is 23.7 Å². The molecule has 2 aromatic rings. The highest BCUT2D eigenvalue weighted by Gasteiger charge is 2.17. The summed E-state index contributed by atoms with van der Waals surface area (Å²) in [7, 11) is -2.79. The Balaban J connectivity index is 0.00000198. The molecule has 0 spiro atoms. The second-order valence-electron chi connectivity index (χ2n) is 6.00. The van der Waals surface area contributed by atoms with Crippen molar-refractivity contribution in [1.82, 2.24) is 9.55 Å². The molecule has 166 valence electrons. The quantitative estimate of drug-likeness (QED) is 0.516. The smallest absolute Gasteiger partial charge is 0.238 e. The van der Waals surface area contributed by atoms with Crippen LogP contribution in [0.4, 0.5) is 13.2 Å². The van der Waals surface area contributed by atoms with E-state index in [1.54, 1.807) is 22.9 Å². The van der Waals surface area contributed by atoms with Gasteiger partial charge in [-0.1, -0.05) is 11.6 Å². The average Bonchev–Trinajstić information content (AvgIpc) is 3.16. The number of imidazole rings is 1. The Morgan fingerprint density at radius 1 is 1.20 bits per heavy atom. The predicted octanol–water partition coefficient (Wildman–Crippen LogP) is 4.73. The van der Waals surface area contributed by atoms with Crippen LogP contribution in [-0.4, -0.2) is 39.0 Å². The van der Waals surface area contributed by atoms with Crippen LogP contribution in [0.2, 0.25) is 0 Å². The first-order chi connectivity index (χ1) is 14.1. The van der Waals surface area contributed by atoms with E-state index >= 15 is 0 Å². The molecule has 0 bridgehead atoms. The van der Waals surface area contributed by atoms with E-state index in [9.17, 15) is 21.6 Å². The Morgan fingerprint density at radius 3 is 2.13 bits per heavy atom. The van der Waals surface area contributed by atoms with Crippen molar-refractivity contribution in [3.8, 4) is 5.69 Å². The van der Waals surface area contributed by atoms with Crippen LogP contribution < -0.4 is 5.14 Å². The van der Waals surface area contributed by atoms with E-state index in [-0.39, 0.29) is 10.6 Å². The number of rotatable bonds is 6. The van der Waals surface area contributed by atoms with Crippen molar-refractivity contribution in [3.63, 3.8) is 0 Å². The van der Waals surface area contributed by atoms with Crippen molar-refractivity contribution in [2.45, 2.75) is 31.8 Å². The van der Waals surface area contributed by atoms with Crippen molar-refractivity contribution in [3.05, 3.63) is 59.8 Å². The number of halogens is 3. The summed E-state index contributed by atoms with van der Waals surface area (Å²) in [5.41, 5.74) is 2.54. The molecule has 2 rings (SSSR count). The molecule has 10 heteroatoms. The molecule has 0 aliphatic heterocycles. The summed E-state index contributed by atoms with van der Waals surface area (Å²) in [6.07, 6.45) is 3.71. The van der Waals surface area contributed by atoms with Gasteiger partial charge in [0.05, 0.1) is 24.9 Å². The van der Waals surface area contributed by atoms with Crippen LogP contribution >= 0.6 is 0 Å². The third-order valence-corrected chi connectivity index (χ3v) is 4.44. The molecule has 0 saturated heterocycles. The normalized spacial score (nSPS) is 12.0. The SMILES string of the molecule is C=N/C=C(\C=C(C)C)c1nc(C(C)F)cn1-c1ccc(S(N)(=O)=O)cc1.CF.CF. The molecule has 1 atom stereocenters. The van der Waals surface area contributed by atoms with E-state index in [2.05, 4.69) is 16.7 Å². The van der Waals surface area contributed by atoms with Crippen molar-refractivity contribution in [2.24, 2.45) is 10.1 Å². The number of sulfonamides is 1. The second kappa shape index (κ2) is 12.8. The van der Waals surface area contributed by atoms with E-state index in [4.69, 9.17) is 5.14 Å². The highest BCUT2D eigenvalue weighted by atomic mass is 32.2. The monoisotopic (exact) mass is 444 g/mol. The number of benzene rings is 1. The van der Waals surface area contributed by atoms with Crippen LogP contribution in [0.15, 0.2) is 58.2 Å². The van der Waals surface area contributed by atoms with Gasteiger partial charge in [0.2, 0.25) is 10.0 Å². The summed E-state index contributed by atoms with van der Waals surface area (Å²) in [5.74, 6) is 0.474. The molecule has 0 radical (unpaired) electrons. The minimum absolute atomic E-state index is 0.00480. The van der Waals surface area contributed by atoms with Gasteiger partial charge in [0.1, 0.15) is 12.0 Å². The lowest BCUT2D eigenvalue weighted by Crippen LogP contribution is -2.12. The van der Waals surface area contributed by atoms with Gasteiger partial charge in [0.15, 0.2) is 0 Å². The highest BCUT2D eigenvalue weighted by molar-refractivity contribution is 7.89. The molecule has 1 aromatic heterocycles. The molecule has 0 saturated carbocycles. The minimum atomic E-state index is -3.79. The molecule has 1 heterocycles. The first-order valence-corrected chi connectivity index (χ1v) is 10.1. The van der Waals surface area contributed by atoms with Crippen molar-refractivity contribution in [2.75, 3.05) is 14.4 Å². The van der Waals surface area contributed by atoms with Gasteiger partial charge < -0.3 is 0 Å². The van der Waals surface area contributed by atoms with E-state index in [0.717, 1.165) is 5.57 Å². The number of aliphatic imine (C=N–C) groups is 1. The number of hydrogen-bond acceptors (Lipinski definition) is 4. The van der Waals surface area contributed by atoms with Gasteiger partial charge in [-0.15, -0.1) is 0 Å². The van der Waals surface area contributed by atoms with Crippen LogP contribution in [0.5, 0.6) is 0 Å². The maximum absolute atomic E-state index is 13.8. The fraction of sp³-hybridized carbons (Fsp3) is 0.300. The molecule has 0 fully saturated rings. The Labute approximate surface area is 175 Å². The van der Waals surface area contributed by atoms with E-state index in [1.165, 1.54) is 25.3 Å². The van der Waals surface area contributed by atoms with Crippen LogP contribution in [0.1, 0.15) is 38.5 Å². The van der Waals surface area contributed by atoms with Crippen molar-refractivity contribution >= 4 is 22.3 Å². The van der Waals surface area contributed by atoms with Gasteiger partial charge in [-0.3, -0.25) is 18.3 Å². The third kappa shape index (κ3) is 7.60. The zero-order valence-corrected chi connectivity index (χ0v) is 18.4. The summed E-state index contributed by atoms with van der Waals surface area (Å²) in [6, 6.07) is 5.95. The van der Waals surface area contributed by atoms with Crippen molar-refractivity contribution in [1.29, 1.82) is 0 Å². The Hall–Kier alpha value is -2.72. The van der Waals surface area contributed by atoms with E-state index in [0.29, 0.717) is 31.4 Å². The number of alkyl halides is 3. The molecule has 2 N–H and O–H groups in total. The minimum Gasteiger partial charge on any atom is -0.299 e. The lowest BCUT2D eigenvalue weighted by molar-refractivity contribution is 0.366. The zero-order chi connectivity index (χ0) is 23.5. The molecule has 1 unspecified atom stereocenters. The molecule has 0 aliphatic rings. The van der Waals surface area contributed by atoms with Gasteiger partial charge in [-0.05, 0) is 51.8 Å². The lowest BCUT2D eigenvalue weighted by atomic mass is 10.2. The van der Waals surface area contributed by atoms with Gasteiger partial charge in [0.25, 0.3) is 0 Å². The fourth-order valence-corrected chi connectivity index (χ4v) is 2.87. The maximum atomic E-state index is 13.8. The molecule has 0 amide bonds. The zero-order valence-electron chi connectivity index (χ0n) is 17.6. The second-order valence-corrected chi connectivity index (χ2v) is 7.56. The van der Waals surface area contributed by atoms with Crippen LogP contribution in [0.3, 0.4) is 0 Å². The fourth-order valence-electron chi connectivity index (χ4n) is 2.36. The molecular formula is C20H27F3N4O2S. The van der Waals surface area contributed by atoms with E-state index in [1.807, 2.05) is 19.9 Å². The molecular weight excluding hydrogens is 417 g/mol. The number of primary sulfonamides is 1. The predicted molar refractivity (Wildman–Crippen MR) is 115 cm³/mol. The first kappa shape index (κ1) is 27.3. The highest BCUT2D eigenvalue weighted by Crippen LogP contribution is 2.26. The van der Waals surface area contributed by atoms with Crippen LogP contribution in [-0.2, 0) is 10.0 Å². The number of nitrogens with zero attached hydrogens (tertiary/aromatic N) is 3. The third-order valence-electron chi connectivity index (χ3n) is 3.51. The van der Waals surface area contributed by atoms with Gasteiger partial charge >= 0.3 is 0 Å². The van der Waals surface area contributed by atoms with Crippen LogP contribution in [0.25, 0.3) is 11.3 Å². The molecule has 0 aliphatic carbocycles. The Morgan fingerprint density at radius 2 is 1.73 bits per heavy atom. The average molecular weight is 445 g/mol. The maximum Gasteiger partial charge on any atom is 0.238 e. The van der Waals surface area contributed by atoms with Gasteiger partial charge in [-0.2, -0.15) is 0 Å². The van der Waals surface area contributed by atoms with Gasteiger partial charge in [-0.25, -0.2) is 22.9 Å². The first-order valence-electron chi connectivity index (χ1n) is 8.57. The summed E-state index contributed by atoms with van der Waals surface area (Å²) >= 11 is 0. The van der Waals surface area contributed by atoms with E-state index < -0.39 is 16.2 Å². The largest absolute Gasteiger partial charge is 0.299 e. The van der Waals surface area contributed by atoms with Crippen molar-refractivity contribution < 1.29 is 21.6 Å². The number of nitrogens with two attached hydrogens (primary N) is 1. The summed E-state index contributed by atoms with van der Waals surface area (Å²) in [6.45, 7) is 8.71.